The maximum absolute atomic E-state index is 3.94. The fraction of sp³-hybridized carbons (Fsp3) is 0.0476. The second-order valence-electron chi connectivity index (χ2n) is 5.18. The summed E-state index contributed by atoms with van der Waals surface area (Å²) in [5.41, 5.74) is 6.06. The highest BCUT2D eigenvalue weighted by atomic mass is 14.1. The molecule has 0 fully saturated rings. The molecule has 21 heavy (non-hydrogen) atoms. The van der Waals surface area contributed by atoms with Gasteiger partial charge in [-0.15, -0.1) is 0 Å². The third kappa shape index (κ3) is 2.19. The lowest BCUT2D eigenvalue weighted by atomic mass is 9.90. The number of benzene rings is 3. The van der Waals surface area contributed by atoms with Gasteiger partial charge in [0.25, 0.3) is 0 Å². The lowest BCUT2D eigenvalue weighted by molar-refractivity contribution is 1.48. The van der Waals surface area contributed by atoms with Crippen molar-refractivity contribution in [3.8, 4) is 11.1 Å². The number of fused-ring (bicyclic) bond motifs is 1. The molecule has 0 heteroatoms. The molecule has 3 aromatic rings. The van der Waals surface area contributed by atoms with Crippen molar-refractivity contribution in [3.63, 3.8) is 0 Å². The van der Waals surface area contributed by atoms with Crippen LogP contribution in [0.2, 0.25) is 0 Å². The minimum Gasteiger partial charge on any atom is -0.0984 e. The van der Waals surface area contributed by atoms with Gasteiger partial charge < -0.3 is 0 Å². The Hall–Kier alpha value is -2.60. The molecule has 0 aliphatic heterocycles. The van der Waals surface area contributed by atoms with Crippen molar-refractivity contribution in [3.05, 3.63) is 84.4 Å². The highest BCUT2D eigenvalue weighted by Gasteiger charge is 2.10. The van der Waals surface area contributed by atoms with E-state index >= 15 is 0 Å². The van der Waals surface area contributed by atoms with E-state index in [0.29, 0.717) is 0 Å². The molecule has 0 spiro atoms. The molecule has 0 aliphatic carbocycles. The summed E-state index contributed by atoms with van der Waals surface area (Å²) in [6, 6.07) is 19.2. The topological polar surface area (TPSA) is 0 Å². The van der Waals surface area contributed by atoms with Gasteiger partial charge in [-0.05, 0) is 51.6 Å². The van der Waals surface area contributed by atoms with Crippen molar-refractivity contribution in [1.29, 1.82) is 0 Å². The largest absolute Gasteiger partial charge is 0.0984 e. The molecule has 0 atom stereocenters. The SMILES string of the molecule is C=Cc1cc2c(-c3ccccc3)cccc2c(C)c1C=C. The second-order valence-corrected chi connectivity index (χ2v) is 5.18. The van der Waals surface area contributed by atoms with Crippen LogP contribution in [0.15, 0.2) is 67.8 Å². The third-order valence-electron chi connectivity index (χ3n) is 4.03. The van der Waals surface area contributed by atoms with Gasteiger partial charge >= 0.3 is 0 Å². The zero-order chi connectivity index (χ0) is 14.8. The molecule has 0 unspecified atom stereocenters. The van der Waals surface area contributed by atoms with E-state index in [1.165, 1.54) is 33.0 Å². The highest BCUT2D eigenvalue weighted by molar-refractivity contribution is 6.01. The van der Waals surface area contributed by atoms with E-state index in [4.69, 9.17) is 0 Å². The molecule has 0 amide bonds. The predicted octanol–water partition coefficient (Wildman–Crippen LogP) is 6.10. The number of aryl methyl sites for hydroxylation is 1. The Balaban J connectivity index is 2.42. The fourth-order valence-corrected chi connectivity index (χ4v) is 2.95. The van der Waals surface area contributed by atoms with Gasteiger partial charge in [-0.2, -0.15) is 0 Å². The smallest absolute Gasteiger partial charge is 0.00964 e. The molecule has 0 saturated carbocycles. The third-order valence-corrected chi connectivity index (χ3v) is 4.03. The zero-order valence-corrected chi connectivity index (χ0v) is 12.3. The quantitative estimate of drug-likeness (QED) is 0.539. The lowest BCUT2D eigenvalue weighted by Crippen LogP contribution is -1.91. The first-order chi connectivity index (χ1) is 10.3. The Kier molecular flexibility index (Phi) is 3.45. The van der Waals surface area contributed by atoms with Crippen LogP contribution in [-0.2, 0) is 0 Å². The van der Waals surface area contributed by atoms with Gasteiger partial charge in [-0.1, -0.05) is 73.8 Å². The zero-order valence-electron chi connectivity index (χ0n) is 12.3. The highest BCUT2D eigenvalue weighted by Crippen LogP contribution is 2.34. The normalized spacial score (nSPS) is 10.5. The second kappa shape index (κ2) is 5.41. The standard InChI is InChI=1S/C21H18/c1-4-16-14-21-19(15(3)18(16)5-2)12-9-13-20(21)17-10-7-6-8-11-17/h4-14H,1-2H2,3H3. The first kappa shape index (κ1) is 13.4. The van der Waals surface area contributed by atoms with Crippen LogP contribution in [0.5, 0.6) is 0 Å². The average Bonchev–Trinajstić information content (AvgIpc) is 2.55. The minimum absolute atomic E-state index is 1.14. The summed E-state index contributed by atoms with van der Waals surface area (Å²) >= 11 is 0. The lowest BCUT2D eigenvalue weighted by Gasteiger charge is -2.14. The molecular weight excluding hydrogens is 252 g/mol. The molecule has 3 rings (SSSR count). The molecule has 0 bridgehead atoms. The number of hydrogen-bond donors (Lipinski definition) is 0. The molecule has 0 heterocycles. The summed E-state index contributed by atoms with van der Waals surface area (Å²) < 4.78 is 0. The van der Waals surface area contributed by atoms with Crippen LogP contribution in [0.1, 0.15) is 16.7 Å². The predicted molar refractivity (Wildman–Crippen MR) is 94.3 cm³/mol. The molecular formula is C21H18. The maximum Gasteiger partial charge on any atom is -0.00964 e. The Morgan fingerprint density at radius 3 is 2.24 bits per heavy atom. The van der Waals surface area contributed by atoms with Crippen molar-refractivity contribution in [1.82, 2.24) is 0 Å². The molecule has 0 radical (unpaired) electrons. The molecule has 0 aliphatic rings. The molecule has 0 saturated heterocycles. The molecule has 3 aromatic carbocycles. The van der Waals surface area contributed by atoms with Gasteiger partial charge in [0.1, 0.15) is 0 Å². The van der Waals surface area contributed by atoms with Gasteiger partial charge in [-0.3, -0.25) is 0 Å². The van der Waals surface area contributed by atoms with Crippen LogP contribution >= 0.6 is 0 Å². The summed E-state index contributed by atoms with van der Waals surface area (Å²) in [5, 5.41) is 2.54. The molecule has 0 N–H and O–H groups in total. The summed E-state index contributed by atoms with van der Waals surface area (Å²) in [5.74, 6) is 0. The molecule has 0 aromatic heterocycles. The first-order valence-electron chi connectivity index (χ1n) is 7.13. The van der Waals surface area contributed by atoms with Gasteiger partial charge in [0.2, 0.25) is 0 Å². The van der Waals surface area contributed by atoms with E-state index in [1.807, 2.05) is 18.2 Å². The van der Waals surface area contributed by atoms with Crippen molar-refractivity contribution in [2.45, 2.75) is 6.92 Å². The van der Waals surface area contributed by atoms with Crippen LogP contribution in [0, 0.1) is 6.92 Å². The Morgan fingerprint density at radius 1 is 0.810 bits per heavy atom. The van der Waals surface area contributed by atoms with Crippen molar-refractivity contribution in [2.24, 2.45) is 0 Å². The Morgan fingerprint density at radius 2 is 1.57 bits per heavy atom. The molecule has 0 nitrogen and oxygen atoms in total. The first-order valence-corrected chi connectivity index (χ1v) is 7.13. The fourth-order valence-electron chi connectivity index (χ4n) is 2.95. The van der Waals surface area contributed by atoms with Crippen molar-refractivity contribution >= 4 is 22.9 Å². The van der Waals surface area contributed by atoms with Gasteiger partial charge in [0.15, 0.2) is 0 Å². The Bertz CT molecular complexity index is 824. The molecule has 102 valence electrons. The van der Waals surface area contributed by atoms with E-state index < -0.39 is 0 Å². The Labute approximate surface area is 126 Å². The van der Waals surface area contributed by atoms with Gasteiger partial charge in [0.05, 0.1) is 0 Å². The van der Waals surface area contributed by atoms with Crippen LogP contribution in [0.4, 0.5) is 0 Å². The van der Waals surface area contributed by atoms with Crippen LogP contribution < -0.4 is 0 Å². The van der Waals surface area contributed by atoms with Crippen molar-refractivity contribution in [2.75, 3.05) is 0 Å². The van der Waals surface area contributed by atoms with Crippen molar-refractivity contribution < 1.29 is 0 Å². The number of rotatable bonds is 3. The maximum atomic E-state index is 3.94. The summed E-state index contributed by atoms with van der Waals surface area (Å²) in [4.78, 5) is 0. The van der Waals surface area contributed by atoms with Crippen LogP contribution in [0.3, 0.4) is 0 Å². The van der Waals surface area contributed by atoms with E-state index in [2.05, 4.69) is 68.6 Å². The summed E-state index contributed by atoms with van der Waals surface area (Å²) in [6.07, 6.45) is 3.83. The monoisotopic (exact) mass is 270 g/mol. The van der Waals surface area contributed by atoms with E-state index in [0.717, 1.165) is 5.56 Å². The minimum atomic E-state index is 1.14. The average molecular weight is 270 g/mol. The van der Waals surface area contributed by atoms with E-state index in [-0.39, 0.29) is 0 Å². The van der Waals surface area contributed by atoms with Gasteiger partial charge in [-0.25, -0.2) is 0 Å². The summed E-state index contributed by atoms with van der Waals surface area (Å²) in [7, 11) is 0. The van der Waals surface area contributed by atoms with Crippen LogP contribution in [-0.4, -0.2) is 0 Å². The van der Waals surface area contributed by atoms with E-state index in [9.17, 15) is 0 Å². The van der Waals surface area contributed by atoms with Crippen LogP contribution in [0.25, 0.3) is 34.1 Å². The number of hydrogen-bond acceptors (Lipinski definition) is 0. The van der Waals surface area contributed by atoms with Gasteiger partial charge in [0, 0.05) is 0 Å². The summed E-state index contributed by atoms with van der Waals surface area (Å²) in [6.45, 7) is 10.0. The van der Waals surface area contributed by atoms with E-state index in [1.54, 1.807) is 0 Å².